The first-order valence-electron chi connectivity index (χ1n) is 6.15. The molecule has 102 valence electrons. The number of carbonyl (C=O) groups is 1. The van der Waals surface area contributed by atoms with Gasteiger partial charge in [0.05, 0.1) is 11.6 Å². The Morgan fingerprint density at radius 2 is 2.26 bits per heavy atom. The maximum absolute atomic E-state index is 13.6. The molecule has 0 unspecified atom stereocenters. The molecule has 1 aromatic carbocycles. The number of halogens is 1. The molecular formula is C14H18FN3O. The Morgan fingerprint density at radius 3 is 2.89 bits per heavy atom. The van der Waals surface area contributed by atoms with Crippen molar-refractivity contribution in [1.29, 1.82) is 5.26 Å². The molecule has 0 saturated carbocycles. The highest BCUT2D eigenvalue weighted by atomic mass is 19.1. The van der Waals surface area contributed by atoms with Gasteiger partial charge in [0.1, 0.15) is 5.82 Å². The van der Waals surface area contributed by atoms with Crippen molar-refractivity contribution in [1.82, 2.24) is 10.2 Å². The van der Waals surface area contributed by atoms with Gasteiger partial charge in [-0.25, -0.2) is 4.39 Å². The first-order chi connectivity index (χ1) is 9.08. The highest BCUT2D eigenvalue weighted by molar-refractivity contribution is 5.75. The Hall–Kier alpha value is -1.93. The Kier molecular flexibility index (Phi) is 5.97. The van der Waals surface area contributed by atoms with Gasteiger partial charge in [-0.3, -0.25) is 4.79 Å². The molecular weight excluding hydrogens is 245 g/mol. The van der Waals surface area contributed by atoms with Crippen molar-refractivity contribution in [3.05, 3.63) is 35.1 Å². The molecule has 1 N–H and O–H groups in total. The largest absolute Gasteiger partial charge is 0.341 e. The molecule has 1 aromatic rings. The van der Waals surface area contributed by atoms with Gasteiger partial charge >= 0.3 is 0 Å². The van der Waals surface area contributed by atoms with Crippen molar-refractivity contribution in [2.24, 2.45) is 0 Å². The van der Waals surface area contributed by atoms with E-state index in [0.717, 1.165) is 13.0 Å². The van der Waals surface area contributed by atoms with Crippen LogP contribution in [0.25, 0.3) is 0 Å². The molecule has 0 saturated heterocycles. The Morgan fingerprint density at radius 1 is 1.53 bits per heavy atom. The molecule has 1 amide bonds. The fourth-order valence-corrected chi connectivity index (χ4v) is 1.72. The molecule has 19 heavy (non-hydrogen) atoms. The summed E-state index contributed by atoms with van der Waals surface area (Å²) in [5.41, 5.74) is 0.760. The van der Waals surface area contributed by atoms with Crippen molar-refractivity contribution in [2.75, 3.05) is 20.6 Å². The van der Waals surface area contributed by atoms with E-state index < -0.39 is 5.82 Å². The van der Waals surface area contributed by atoms with Crippen molar-refractivity contribution in [3.63, 3.8) is 0 Å². The number of nitriles is 1. The summed E-state index contributed by atoms with van der Waals surface area (Å²) >= 11 is 0. The SMILES string of the molecule is CNCCCC(=O)N(C)Cc1cc(C#N)ccc1F. The number of carbonyl (C=O) groups excluding carboxylic acids is 1. The lowest BCUT2D eigenvalue weighted by molar-refractivity contribution is -0.130. The summed E-state index contributed by atoms with van der Waals surface area (Å²) in [7, 11) is 3.47. The highest BCUT2D eigenvalue weighted by Crippen LogP contribution is 2.12. The summed E-state index contributed by atoms with van der Waals surface area (Å²) in [6, 6.07) is 6.12. The average Bonchev–Trinajstić information content (AvgIpc) is 2.41. The molecule has 0 heterocycles. The Labute approximate surface area is 112 Å². The van der Waals surface area contributed by atoms with Crippen LogP contribution in [-0.2, 0) is 11.3 Å². The molecule has 0 aliphatic carbocycles. The van der Waals surface area contributed by atoms with Gasteiger partial charge in [-0.05, 0) is 38.2 Å². The van der Waals surface area contributed by atoms with Crippen molar-refractivity contribution >= 4 is 5.91 Å². The first-order valence-corrected chi connectivity index (χ1v) is 6.15. The number of nitrogens with zero attached hydrogens (tertiary/aromatic N) is 2. The molecule has 4 nitrogen and oxygen atoms in total. The van der Waals surface area contributed by atoms with E-state index in [-0.39, 0.29) is 12.5 Å². The van der Waals surface area contributed by atoms with Gasteiger partial charge in [0, 0.05) is 25.6 Å². The molecule has 0 radical (unpaired) electrons. The molecule has 1 rings (SSSR count). The van der Waals surface area contributed by atoms with Gasteiger partial charge in [-0.1, -0.05) is 0 Å². The third-order valence-corrected chi connectivity index (χ3v) is 2.83. The van der Waals surface area contributed by atoms with Crippen LogP contribution in [0.5, 0.6) is 0 Å². The predicted octanol–water partition coefficient (Wildman–Crippen LogP) is 1.66. The molecule has 0 fully saturated rings. The summed E-state index contributed by atoms with van der Waals surface area (Å²) in [5, 5.41) is 11.7. The van der Waals surface area contributed by atoms with E-state index in [1.165, 1.54) is 23.1 Å². The van der Waals surface area contributed by atoms with Gasteiger partial charge in [0.2, 0.25) is 5.91 Å². The van der Waals surface area contributed by atoms with Crippen LogP contribution < -0.4 is 5.32 Å². The van der Waals surface area contributed by atoms with Crippen molar-refractivity contribution < 1.29 is 9.18 Å². The summed E-state index contributed by atoms with van der Waals surface area (Å²) in [5.74, 6) is -0.425. The molecule has 5 heteroatoms. The van der Waals surface area contributed by atoms with Crippen LogP contribution in [0.1, 0.15) is 24.0 Å². The van der Waals surface area contributed by atoms with Crippen molar-refractivity contribution in [2.45, 2.75) is 19.4 Å². The smallest absolute Gasteiger partial charge is 0.222 e. The predicted molar refractivity (Wildman–Crippen MR) is 70.7 cm³/mol. The molecule has 0 aliphatic rings. The normalized spacial score (nSPS) is 10.0. The van der Waals surface area contributed by atoms with Crippen LogP contribution in [0.3, 0.4) is 0 Å². The Bertz CT molecular complexity index is 482. The minimum Gasteiger partial charge on any atom is -0.341 e. The maximum Gasteiger partial charge on any atom is 0.222 e. The van der Waals surface area contributed by atoms with Crippen LogP contribution >= 0.6 is 0 Å². The minimum absolute atomic E-state index is 0.0305. The summed E-state index contributed by atoms with van der Waals surface area (Å²) in [6.45, 7) is 0.956. The summed E-state index contributed by atoms with van der Waals surface area (Å²) in [4.78, 5) is 13.3. The Balaban J connectivity index is 2.63. The van der Waals surface area contributed by atoms with E-state index >= 15 is 0 Å². The van der Waals surface area contributed by atoms with Gasteiger partial charge in [0.15, 0.2) is 0 Å². The number of rotatable bonds is 6. The van der Waals surface area contributed by atoms with Crippen LogP contribution in [0.4, 0.5) is 4.39 Å². The zero-order valence-electron chi connectivity index (χ0n) is 11.2. The topological polar surface area (TPSA) is 56.1 Å². The standard InChI is InChI=1S/C14H18FN3O/c1-17-7-3-4-14(19)18(2)10-12-8-11(9-16)5-6-13(12)15/h5-6,8,17H,3-4,7,10H2,1-2H3. The van der Waals surface area contributed by atoms with E-state index in [2.05, 4.69) is 5.32 Å². The molecule has 0 atom stereocenters. The number of nitrogens with one attached hydrogen (secondary N) is 1. The lowest BCUT2D eigenvalue weighted by Gasteiger charge is -2.17. The monoisotopic (exact) mass is 263 g/mol. The fraction of sp³-hybridized carbons (Fsp3) is 0.429. The lowest BCUT2D eigenvalue weighted by atomic mass is 10.1. The molecule has 0 bridgehead atoms. The van der Waals surface area contributed by atoms with Gasteiger partial charge in [0.25, 0.3) is 0 Å². The average molecular weight is 263 g/mol. The van der Waals surface area contributed by atoms with Crippen LogP contribution in [0.2, 0.25) is 0 Å². The van der Waals surface area contributed by atoms with Gasteiger partial charge < -0.3 is 10.2 Å². The summed E-state index contributed by atoms with van der Waals surface area (Å²) in [6.07, 6.45) is 1.18. The number of benzene rings is 1. The highest BCUT2D eigenvalue weighted by Gasteiger charge is 2.12. The van der Waals surface area contributed by atoms with E-state index in [9.17, 15) is 9.18 Å². The molecule has 0 aliphatic heterocycles. The number of amides is 1. The zero-order chi connectivity index (χ0) is 14.3. The molecule has 0 aromatic heterocycles. The van der Waals surface area contributed by atoms with Crippen LogP contribution in [-0.4, -0.2) is 31.4 Å². The van der Waals surface area contributed by atoms with Gasteiger partial charge in [-0.15, -0.1) is 0 Å². The number of hydrogen-bond acceptors (Lipinski definition) is 3. The second-order valence-electron chi connectivity index (χ2n) is 4.37. The fourth-order valence-electron chi connectivity index (χ4n) is 1.72. The second kappa shape index (κ2) is 7.49. The van der Waals surface area contributed by atoms with E-state index in [1.54, 1.807) is 7.05 Å². The second-order valence-corrected chi connectivity index (χ2v) is 4.37. The quantitative estimate of drug-likeness (QED) is 0.794. The number of hydrogen-bond donors (Lipinski definition) is 1. The summed E-state index contributed by atoms with van der Waals surface area (Å²) < 4.78 is 13.6. The van der Waals surface area contributed by atoms with Crippen molar-refractivity contribution in [3.8, 4) is 6.07 Å². The van der Waals surface area contributed by atoms with Crippen LogP contribution in [0, 0.1) is 17.1 Å². The molecule has 0 spiro atoms. The third kappa shape index (κ3) is 4.68. The van der Waals surface area contributed by atoms with E-state index in [1.807, 2.05) is 13.1 Å². The zero-order valence-corrected chi connectivity index (χ0v) is 11.2. The first kappa shape index (κ1) is 15.1. The maximum atomic E-state index is 13.6. The van der Waals surface area contributed by atoms with E-state index in [4.69, 9.17) is 5.26 Å². The van der Waals surface area contributed by atoms with Crippen LogP contribution in [0.15, 0.2) is 18.2 Å². The van der Waals surface area contributed by atoms with E-state index in [0.29, 0.717) is 17.5 Å². The minimum atomic E-state index is -0.395. The lowest BCUT2D eigenvalue weighted by Crippen LogP contribution is -2.27. The third-order valence-electron chi connectivity index (χ3n) is 2.83. The van der Waals surface area contributed by atoms with Gasteiger partial charge in [-0.2, -0.15) is 5.26 Å².